The largest absolute Gasteiger partial charge is 0.381 e. The van der Waals surface area contributed by atoms with E-state index in [2.05, 4.69) is 18.3 Å². The maximum Gasteiger partial charge on any atom is 0.142 e. The quantitative estimate of drug-likeness (QED) is 0.846. The third-order valence-corrected chi connectivity index (χ3v) is 3.17. The van der Waals surface area contributed by atoms with Crippen molar-refractivity contribution in [3.05, 3.63) is 64.4 Å². The van der Waals surface area contributed by atoms with Crippen LogP contribution in [0.5, 0.6) is 0 Å². The van der Waals surface area contributed by atoms with E-state index >= 15 is 0 Å². The van der Waals surface area contributed by atoms with Gasteiger partial charge in [-0.05, 0) is 35.7 Å². The first kappa shape index (κ1) is 12.9. The lowest BCUT2D eigenvalue weighted by Gasteiger charge is -2.11. The molecule has 0 aliphatic carbocycles. The first-order valence-corrected chi connectivity index (χ1v) is 6.34. The third kappa shape index (κ3) is 3.02. The number of hydrogen-bond acceptors (Lipinski definition) is 1. The zero-order valence-electron chi connectivity index (χ0n) is 10.2. The molecule has 2 rings (SSSR count). The summed E-state index contributed by atoms with van der Waals surface area (Å²) in [5, 5.41) is 3.48. The van der Waals surface area contributed by atoms with Crippen LogP contribution in [0.15, 0.2) is 42.5 Å². The monoisotopic (exact) mass is 263 g/mol. The Bertz CT molecular complexity index is 540. The van der Waals surface area contributed by atoms with Crippen molar-refractivity contribution in [2.75, 3.05) is 5.32 Å². The van der Waals surface area contributed by atoms with E-state index in [1.807, 2.05) is 24.3 Å². The third-order valence-electron chi connectivity index (χ3n) is 2.87. The zero-order chi connectivity index (χ0) is 13.0. The summed E-state index contributed by atoms with van der Waals surface area (Å²) in [4.78, 5) is 0. The molecular weight excluding hydrogens is 249 g/mol. The van der Waals surface area contributed by atoms with Gasteiger partial charge in [0, 0.05) is 12.2 Å². The molecule has 94 valence electrons. The van der Waals surface area contributed by atoms with Crippen LogP contribution in [-0.2, 0) is 13.0 Å². The Labute approximate surface area is 112 Å². The number of aryl methyl sites for hydroxylation is 1. The SMILES string of the molecule is CCc1ccccc1NCc1ccc(Cl)c(F)c1. The van der Waals surface area contributed by atoms with Crippen LogP contribution in [0.1, 0.15) is 18.1 Å². The molecular formula is C15H15ClFN. The molecule has 0 saturated carbocycles. The van der Waals surface area contributed by atoms with Gasteiger partial charge in [-0.15, -0.1) is 0 Å². The van der Waals surface area contributed by atoms with Crippen LogP contribution in [0, 0.1) is 5.82 Å². The van der Waals surface area contributed by atoms with Crippen LogP contribution in [0.3, 0.4) is 0 Å². The second kappa shape index (κ2) is 5.87. The van der Waals surface area contributed by atoms with Crippen LogP contribution in [0.4, 0.5) is 10.1 Å². The van der Waals surface area contributed by atoms with Crippen molar-refractivity contribution in [1.82, 2.24) is 0 Å². The van der Waals surface area contributed by atoms with Gasteiger partial charge in [0.1, 0.15) is 5.82 Å². The maximum atomic E-state index is 13.3. The van der Waals surface area contributed by atoms with Gasteiger partial charge >= 0.3 is 0 Å². The predicted octanol–water partition coefficient (Wildman–Crippen LogP) is 4.65. The Morgan fingerprint density at radius 2 is 1.94 bits per heavy atom. The number of halogens is 2. The standard InChI is InChI=1S/C15H15ClFN/c1-2-12-5-3-4-6-15(12)18-10-11-7-8-13(16)14(17)9-11/h3-9,18H,2,10H2,1H3. The van der Waals surface area contributed by atoms with E-state index in [0.717, 1.165) is 17.7 Å². The van der Waals surface area contributed by atoms with Gasteiger partial charge in [0.25, 0.3) is 0 Å². The van der Waals surface area contributed by atoms with E-state index in [1.165, 1.54) is 11.6 Å². The van der Waals surface area contributed by atoms with Gasteiger partial charge in [-0.1, -0.05) is 42.8 Å². The van der Waals surface area contributed by atoms with Crippen molar-refractivity contribution in [3.8, 4) is 0 Å². The lowest BCUT2D eigenvalue weighted by Crippen LogP contribution is -2.02. The van der Waals surface area contributed by atoms with Gasteiger partial charge < -0.3 is 5.32 Å². The first-order chi connectivity index (χ1) is 8.70. The van der Waals surface area contributed by atoms with Crippen LogP contribution in [0.25, 0.3) is 0 Å². The maximum absolute atomic E-state index is 13.3. The van der Waals surface area contributed by atoms with Gasteiger partial charge in [0.2, 0.25) is 0 Å². The minimum Gasteiger partial charge on any atom is -0.381 e. The van der Waals surface area contributed by atoms with E-state index < -0.39 is 0 Å². The topological polar surface area (TPSA) is 12.0 Å². The number of hydrogen-bond donors (Lipinski definition) is 1. The average molecular weight is 264 g/mol. The Morgan fingerprint density at radius 3 is 2.67 bits per heavy atom. The van der Waals surface area contributed by atoms with Crippen molar-refractivity contribution in [2.24, 2.45) is 0 Å². The van der Waals surface area contributed by atoms with Crippen molar-refractivity contribution in [2.45, 2.75) is 19.9 Å². The minimum atomic E-state index is -0.375. The van der Waals surface area contributed by atoms with Gasteiger partial charge in [-0.25, -0.2) is 4.39 Å². The molecule has 0 atom stereocenters. The summed E-state index contributed by atoms with van der Waals surface area (Å²) in [7, 11) is 0. The highest BCUT2D eigenvalue weighted by Crippen LogP contribution is 2.19. The van der Waals surface area contributed by atoms with E-state index in [0.29, 0.717) is 6.54 Å². The summed E-state index contributed by atoms with van der Waals surface area (Å²) in [6.07, 6.45) is 0.970. The molecule has 1 N–H and O–H groups in total. The second-order valence-electron chi connectivity index (χ2n) is 4.11. The molecule has 0 unspecified atom stereocenters. The molecule has 0 bridgehead atoms. The fourth-order valence-electron chi connectivity index (χ4n) is 1.85. The Kier molecular flexibility index (Phi) is 4.21. The number of benzene rings is 2. The number of rotatable bonds is 4. The minimum absolute atomic E-state index is 0.160. The highest BCUT2D eigenvalue weighted by molar-refractivity contribution is 6.30. The molecule has 0 amide bonds. The van der Waals surface area contributed by atoms with Gasteiger partial charge in [0.05, 0.1) is 5.02 Å². The van der Waals surface area contributed by atoms with Crippen LogP contribution < -0.4 is 5.32 Å². The molecule has 0 aliphatic heterocycles. The molecule has 0 aromatic heterocycles. The summed E-state index contributed by atoms with van der Waals surface area (Å²) in [6, 6.07) is 13.0. The molecule has 0 radical (unpaired) electrons. The summed E-state index contributed by atoms with van der Waals surface area (Å²) in [5.41, 5.74) is 3.23. The molecule has 3 heteroatoms. The molecule has 0 saturated heterocycles. The van der Waals surface area contributed by atoms with Crippen LogP contribution in [-0.4, -0.2) is 0 Å². The molecule has 2 aromatic carbocycles. The highest BCUT2D eigenvalue weighted by Gasteiger charge is 2.02. The van der Waals surface area contributed by atoms with E-state index in [-0.39, 0.29) is 10.8 Å². The van der Waals surface area contributed by atoms with E-state index in [9.17, 15) is 4.39 Å². The fourth-order valence-corrected chi connectivity index (χ4v) is 1.97. The number of para-hydroxylation sites is 1. The van der Waals surface area contributed by atoms with E-state index in [1.54, 1.807) is 6.07 Å². The lowest BCUT2D eigenvalue weighted by molar-refractivity contribution is 0.626. The molecule has 0 aliphatic rings. The summed E-state index contributed by atoms with van der Waals surface area (Å²) < 4.78 is 13.3. The molecule has 0 fully saturated rings. The van der Waals surface area contributed by atoms with Gasteiger partial charge in [0.15, 0.2) is 0 Å². The highest BCUT2D eigenvalue weighted by atomic mass is 35.5. The van der Waals surface area contributed by atoms with Crippen LogP contribution >= 0.6 is 11.6 Å². The van der Waals surface area contributed by atoms with Crippen molar-refractivity contribution in [1.29, 1.82) is 0 Å². The summed E-state index contributed by atoms with van der Waals surface area (Å²) in [6.45, 7) is 2.70. The lowest BCUT2D eigenvalue weighted by atomic mass is 10.1. The Morgan fingerprint density at radius 1 is 1.17 bits per heavy atom. The van der Waals surface area contributed by atoms with Crippen molar-refractivity contribution >= 4 is 17.3 Å². The smallest absolute Gasteiger partial charge is 0.142 e. The van der Waals surface area contributed by atoms with Crippen molar-refractivity contribution < 1.29 is 4.39 Å². The van der Waals surface area contributed by atoms with Gasteiger partial charge in [-0.3, -0.25) is 0 Å². The number of nitrogens with one attached hydrogen (secondary N) is 1. The predicted molar refractivity (Wildman–Crippen MR) is 74.6 cm³/mol. The summed E-state index contributed by atoms with van der Waals surface area (Å²) in [5.74, 6) is -0.375. The molecule has 0 spiro atoms. The molecule has 1 nitrogen and oxygen atoms in total. The van der Waals surface area contributed by atoms with E-state index in [4.69, 9.17) is 11.6 Å². The fraction of sp³-hybridized carbons (Fsp3) is 0.200. The normalized spacial score (nSPS) is 10.4. The molecule has 0 heterocycles. The Hall–Kier alpha value is -1.54. The molecule has 2 aromatic rings. The van der Waals surface area contributed by atoms with Crippen molar-refractivity contribution in [3.63, 3.8) is 0 Å². The van der Waals surface area contributed by atoms with Gasteiger partial charge in [-0.2, -0.15) is 0 Å². The first-order valence-electron chi connectivity index (χ1n) is 5.96. The zero-order valence-corrected chi connectivity index (χ0v) is 11.0. The molecule has 18 heavy (non-hydrogen) atoms. The average Bonchev–Trinajstić information content (AvgIpc) is 2.40. The Balaban J connectivity index is 2.09. The summed E-state index contributed by atoms with van der Waals surface area (Å²) >= 11 is 5.65. The number of anilines is 1. The van der Waals surface area contributed by atoms with Crippen LogP contribution in [0.2, 0.25) is 5.02 Å². The second-order valence-corrected chi connectivity index (χ2v) is 4.52.